The molecule has 2 aromatic rings. The van der Waals surface area contributed by atoms with Crippen molar-refractivity contribution in [2.75, 3.05) is 6.54 Å². The van der Waals surface area contributed by atoms with E-state index in [0.717, 1.165) is 13.0 Å². The third-order valence-electron chi connectivity index (χ3n) is 4.01. The van der Waals surface area contributed by atoms with Gasteiger partial charge in [-0.3, -0.25) is 0 Å². The van der Waals surface area contributed by atoms with Gasteiger partial charge in [-0.05, 0) is 64.9 Å². The highest BCUT2D eigenvalue weighted by molar-refractivity contribution is 9.11. The van der Waals surface area contributed by atoms with Crippen LogP contribution >= 0.6 is 27.3 Å². The molecule has 1 aliphatic rings. The van der Waals surface area contributed by atoms with Crippen LogP contribution in [0.5, 0.6) is 0 Å². The van der Waals surface area contributed by atoms with Crippen molar-refractivity contribution in [3.63, 3.8) is 0 Å². The summed E-state index contributed by atoms with van der Waals surface area (Å²) in [7, 11) is 0. The lowest BCUT2D eigenvalue weighted by atomic mass is 9.99. The first kappa shape index (κ1) is 14.3. The van der Waals surface area contributed by atoms with Crippen LogP contribution in [0.1, 0.15) is 41.3 Å². The Labute approximate surface area is 133 Å². The molecule has 3 heteroatoms. The highest BCUT2D eigenvalue weighted by Crippen LogP contribution is 2.28. The van der Waals surface area contributed by atoms with Gasteiger partial charge in [0.05, 0.1) is 3.79 Å². The molecule has 106 valence electrons. The second-order valence-electron chi connectivity index (χ2n) is 5.41. The normalized spacial score (nSPS) is 18.6. The van der Waals surface area contributed by atoms with Crippen molar-refractivity contribution in [2.45, 2.75) is 38.1 Å². The van der Waals surface area contributed by atoms with Gasteiger partial charge in [0.15, 0.2) is 0 Å². The van der Waals surface area contributed by atoms with Crippen LogP contribution in [0.15, 0.2) is 40.2 Å². The molecule has 1 aromatic carbocycles. The lowest BCUT2D eigenvalue weighted by Gasteiger charge is -2.19. The van der Waals surface area contributed by atoms with Crippen molar-refractivity contribution in [1.82, 2.24) is 5.32 Å². The second kappa shape index (κ2) is 6.88. The molecule has 3 rings (SSSR count). The summed E-state index contributed by atoms with van der Waals surface area (Å²) in [6.45, 7) is 1.06. The summed E-state index contributed by atoms with van der Waals surface area (Å²) >= 11 is 5.37. The van der Waals surface area contributed by atoms with E-state index in [2.05, 4.69) is 57.6 Å². The molecule has 1 aromatic heterocycles. The predicted molar refractivity (Wildman–Crippen MR) is 90.5 cm³/mol. The van der Waals surface area contributed by atoms with Crippen LogP contribution < -0.4 is 5.32 Å². The van der Waals surface area contributed by atoms with E-state index in [-0.39, 0.29) is 0 Å². The van der Waals surface area contributed by atoms with Gasteiger partial charge in [0.2, 0.25) is 0 Å². The van der Waals surface area contributed by atoms with Crippen LogP contribution in [0.25, 0.3) is 0 Å². The number of benzene rings is 1. The highest BCUT2D eigenvalue weighted by Gasteiger charge is 2.17. The zero-order valence-corrected chi connectivity index (χ0v) is 14.0. The second-order valence-corrected chi connectivity index (χ2v) is 7.95. The number of hydrogen-bond donors (Lipinski definition) is 1. The Kier molecular flexibility index (Phi) is 4.92. The fraction of sp³-hybridized carbons (Fsp3) is 0.412. The minimum Gasteiger partial charge on any atom is -0.310 e. The minimum atomic E-state index is 0.539. The van der Waals surface area contributed by atoms with Gasteiger partial charge in [-0.2, -0.15) is 0 Å². The van der Waals surface area contributed by atoms with Crippen molar-refractivity contribution in [3.8, 4) is 0 Å². The fourth-order valence-electron chi connectivity index (χ4n) is 2.99. The fourth-order valence-corrected chi connectivity index (χ4v) is 4.47. The van der Waals surface area contributed by atoms with Crippen LogP contribution in [-0.2, 0) is 12.8 Å². The smallest absolute Gasteiger partial charge is 0.0701 e. The molecule has 0 saturated carbocycles. The molecule has 0 aliphatic heterocycles. The van der Waals surface area contributed by atoms with Crippen molar-refractivity contribution in [1.29, 1.82) is 0 Å². The SMILES string of the molecule is Brc1ccc(CCNC2CCCCc3ccccc32)s1. The van der Waals surface area contributed by atoms with Gasteiger partial charge in [-0.25, -0.2) is 0 Å². The molecule has 1 heterocycles. The number of fused-ring (bicyclic) bond motifs is 1. The number of thiophene rings is 1. The Morgan fingerprint density at radius 1 is 1.15 bits per heavy atom. The molecule has 0 amide bonds. The van der Waals surface area contributed by atoms with Crippen molar-refractivity contribution >= 4 is 27.3 Å². The van der Waals surface area contributed by atoms with Gasteiger partial charge in [-0.1, -0.05) is 30.7 Å². The summed E-state index contributed by atoms with van der Waals surface area (Å²) < 4.78 is 1.23. The Morgan fingerprint density at radius 3 is 2.90 bits per heavy atom. The van der Waals surface area contributed by atoms with Gasteiger partial charge in [0.25, 0.3) is 0 Å². The molecule has 0 spiro atoms. The van der Waals surface area contributed by atoms with E-state index in [4.69, 9.17) is 0 Å². The molecule has 0 bridgehead atoms. The van der Waals surface area contributed by atoms with Crippen LogP contribution in [0.4, 0.5) is 0 Å². The Hall–Kier alpha value is -0.640. The van der Waals surface area contributed by atoms with Crippen LogP contribution in [0.2, 0.25) is 0 Å². The third-order valence-corrected chi connectivity index (χ3v) is 5.69. The van der Waals surface area contributed by atoms with Gasteiger partial charge < -0.3 is 5.32 Å². The first-order valence-electron chi connectivity index (χ1n) is 7.38. The summed E-state index contributed by atoms with van der Waals surface area (Å²) in [5, 5.41) is 3.77. The highest BCUT2D eigenvalue weighted by atomic mass is 79.9. The first-order chi connectivity index (χ1) is 9.83. The van der Waals surface area contributed by atoms with E-state index in [0.29, 0.717) is 6.04 Å². The maximum atomic E-state index is 3.77. The van der Waals surface area contributed by atoms with Crippen molar-refractivity contribution in [2.24, 2.45) is 0 Å². The van der Waals surface area contributed by atoms with Crippen molar-refractivity contribution < 1.29 is 0 Å². The average Bonchev–Trinajstić information content (AvgIpc) is 2.76. The van der Waals surface area contributed by atoms with E-state index in [9.17, 15) is 0 Å². The van der Waals surface area contributed by atoms with Crippen LogP contribution in [-0.4, -0.2) is 6.54 Å². The third kappa shape index (κ3) is 3.51. The Morgan fingerprint density at radius 2 is 2.05 bits per heavy atom. The number of aryl methyl sites for hydroxylation is 1. The van der Waals surface area contributed by atoms with Gasteiger partial charge in [0, 0.05) is 17.5 Å². The summed E-state index contributed by atoms with van der Waals surface area (Å²) in [6.07, 6.45) is 6.29. The van der Waals surface area contributed by atoms with E-state index < -0.39 is 0 Å². The van der Waals surface area contributed by atoms with E-state index in [1.807, 2.05) is 11.3 Å². The molecule has 1 atom stereocenters. The maximum Gasteiger partial charge on any atom is 0.0701 e. The zero-order valence-electron chi connectivity index (χ0n) is 11.6. The molecule has 1 aliphatic carbocycles. The Balaban J connectivity index is 1.62. The molecule has 0 fully saturated rings. The minimum absolute atomic E-state index is 0.539. The number of halogens is 1. The van der Waals surface area contributed by atoms with Gasteiger partial charge >= 0.3 is 0 Å². The van der Waals surface area contributed by atoms with Crippen LogP contribution in [0.3, 0.4) is 0 Å². The Bertz CT molecular complexity index is 564. The van der Waals surface area contributed by atoms with Crippen molar-refractivity contribution in [3.05, 3.63) is 56.2 Å². The zero-order chi connectivity index (χ0) is 13.8. The van der Waals surface area contributed by atoms with Gasteiger partial charge in [0.1, 0.15) is 0 Å². The number of nitrogens with one attached hydrogen (secondary N) is 1. The molecular formula is C17H20BrNS. The quantitative estimate of drug-likeness (QED) is 0.756. The first-order valence-corrected chi connectivity index (χ1v) is 8.99. The predicted octanol–water partition coefficient (Wildman–Crippen LogP) is 5.11. The lowest BCUT2D eigenvalue weighted by molar-refractivity contribution is 0.493. The van der Waals surface area contributed by atoms with Crippen LogP contribution in [0, 0.1) is 0 Å². The number of hydrogen-bond acceptors (Lipinski definition) is 2. The molecule has 1 nitrogen and oxygen atoms in total. The summed E-state index contributed by atoms with van der Waals surface area (Å²) in [4.78, 5) is 1.45. The molecular weight excluding hydrogens is 330 g/mol. The summed E-state index contributed by atoms with van der Waals surface area (Å²) in [5.41, 5.74) is 3.07. The number of rotatable bonds is 4. The van der Waals surface area contributed by atoms with Gasteiger partial charge in [-0.15, -0.1) is 11.3 Å². The lowest BCUT2D eigenvalue weighted by Crippen LogP contribution is -2.23. The average molecular weight is 350 g/mol. The van der Waals surface area contributed by atoms with E-state index >= 15 is 0 Å². The largest absolute Gasteiger partial charge is 0.310 e. The van der Waals surface area contributed by atoms with E-state index in [1.54, 1.807) is 5.56 Å². The summed E-state index contributed by atoms with van der Waals surface area (Å²) in [6, 6.07) is 13.8. The maximum absolute atomic E-state index is 3.77. The molecule has 1 N–H and O–H groups in total. The molecule has 0 saturated heterocycles. The van der Waals surface area contributed by atoms with E-state index in [1.165, 1.54) is 39.9 Å². The topological polar surface area (TPSA) is 12.0 Å². The molecule has 0 radical (unpaired) electrons. The standard InChI is InChI=1S/C17H20BrNS/c18-17-10-9-14(20-17)11-12-19-16-8-4-2-6-13-5-1-3-7-15(13)16/h1,3,5,7,9-10,16,19H,2,4,6,8,11-12H2. The molecule has 1 unspecified atom stereocenters. The monoisotopic (exact) mass is 349 g/mol. The summed E-state index contributed by atoms with van der Waals surface area (Å²) in [5.74, 6) is 0. The molecule has 20 heavy (non-hydrogen) atoms.